The van der Waals surface area contributed by atoms with Gasteiger partial charge < -0.3 is 10.1 Å². The molecule has 1 saturated heterocycles. The molecule has 0 bridgehead atoms. The molecule has 1 unspecified atom stereocenters. The van der Waals surface area contributed by atoms with Gasteiger partial charge in [0.2, 0.25) is 10.0 Å². The van der Waals surface area contributed by atoms with Gasteiger partial charge in [-0.15, -0.1) is 0 Å². The molecule has 1 N–H and O–H groups in total. The van der Waals surface area contributed by atoms with Crippen LogP contribution in [0.4, 0.5) is 11.4 Å². The van der Waals surface area contributed by atoms with Gasteiger partial charge in [-0.25, -0.2) is 8.42 Å². The Morgan fingerprint density at radius 2 is 2.03 bits per heavy atom. The van der Waals surface area contributed by atoms with Gasteiger partial charge in [-0.1, -0.05) is 18.5 Å². The van der Waals surface area contributed by atoms with Crippen LogP contribution in [0.1, 0.15) is 30.1 Å². The number of nitro benzene ring substituents is 1. The molecule has 0 radical (unpaired) electrons. The molecule has 2 aromatic rings. The van der Waals surface area contributed by atoms with Crippen LogP contribution in [-0.4, -0.2) is 43.8 Å². The highest BCUT2D eigenvalue weighted by molar-refractivity contribution is 7.89. The summed E-state index contributed by atoms with van der Waals surface area (Å²) in [7, 11) is -2.51. The molecule has 9 nitrogen and oxygen atoms in total. The monoisotopic (exact) mass is 467 g/mol. The zero-order chi connectivity index (χ0) is 22.8. The van der Waals surface area contributed by atoms with Crippen LogP contribution in [0.2, 0.25) is 5.02 Å². The summed E-state index contributed by atoms with van der Waals surface area (Å²) in [4.78, 5) is 23.1. The fraction of sp³-hybridized carbons (Fsp3) is 0.350. The number of rotatable bonds is 6. The predicted molar refractivity (Wildman–Crippen MR) is 116 cm³/mol. The van der Waals surface area contributed by atoms with Crippen LogP contribution >= 0.6 is 11.6 Å². The Hall–Kier alpha value is -2.69. The van der Waals surface area contributed by atoms with Crippen molar-refractivity contribution in [2.45, 2.75) is 24.7 Å². The maximum atomic E-state index is 13.1. The van der Waals surface area contributed by atoms with Crippen molar-refractivity contribution in [3.05, 3.63) is 57.1 Å². The summed E-state index contributed by atoms with van der Waals surface area (Å²) in [5.41, 5.74) is -0.0952. The summed E-state index contributed by atoms with van der Waals surface area (Å²) in [6.07, 6.45) is 1.71. The van der Waals surface area contributed by atoms with Gasteiger partial charge in [0.15, 0.2) is 0 Å². The van der Waals surface area contributed by atoms with Gasteiger partial charge in [0, 0.05) is 30.8 Å². The maximum absolute atomic E-state index is 13.1. The van der Waals surface area contributed by atoms with E-state index in [1.807, 2.05) is 6.92 Å². The number of nitrogens with zero attached hydrogens (tertiary/aromatic N) is 2. The number of halogens is 1. The number of carbonyl (C=O) groups is 1. The van der Waals surface area contributed by atoms with Crippen LogP contribution in [-0.2, 0) is 10.0 Å². The molecule has 1 heterocycles. The highest BCUT2D eigenvalue weighted by atomic mass is 35.5. The maximum Gasteiger partial charge on any atom is 0.271 e. The number of non-ortho nitro benzene ring substituents is 1. The van der Waals surface area contributed by atoms with Crippen molar-refractivity contribution < 1.29 is 22.9 Å². The Labute approximate surface area is 185 Å². The number of hydrogen-bond donors (Lipinski definition) is 1. The molecule has 3 rings (SSSR count). The molecule has 1 aliphatic heterocycles. The second kappa shape index (κ2) is 9.21. The lowest BCUT2D eigenvalue weighted by Crippen LogP contribution is -2.39. The number of piperidine rings is 1. The highest BCUT2D eigenvalue weighted by Gasteiger charge is 2.31. The van der Waals surface area contributed by atoms with E-state index in [-0.39, 0.29) is 38.5 Å². The molecule has 31 heavy (non-hydrogen) atoms. The molecular formula is C20H22ClN3O6S. The number of methoxy groups -OCH3 is 1. The third-order valence-electron chi connectivity index (χ3n) is 5.07. The molecule has 1 fully saturated rings. The number of ether oxygens (including phenoxy) is 1. The average Bonchev–Trinajstić information content (AvgIpc) is 2.73. The lowest BCUT2D eigenvalue weighted by molar-refractivity contribution is -0.384. The van der Waals surface area contributed by atoms with Crippen LogP contribution in [0.3, 0.4) is 0 Å². The summed E-state index contributed by atoms with van der Waals surface area (Å²) in [5, 5.41) is 13.6. The smallest absolute Gasteiger partial charge is 0.271 e. The van der Waals surface area contributed by atoms with Gasteiger partial charge in [0.25, 0.3) is 11.6 Å². The molecule has 0 spiro atoms. The first kappa shape index (κ1) is 23.0. The molecule has 2 aromatic carbocycles. The molecular weight excluding hydrogens is 446 g/mol. The van der Waals surface area contributed by atoms with Crippen molar-refractivity contribution in [3.63, 3.8) is 0 Å². The zero-order valence-corrected chi connectivity index (χ0v) is 18.6. The van der Waals surface area contributed by atoms with Crippen molar-refractivity contribution in [2.75, 3.05) is 25.5 Å². The summed E-state index contributed by atoms with van der Waals surface area (Å²) in [5.74, 6) is -0.197. The topological polar surface area (TPSA) is 119 Å². The van der Waals surface area contributed by atoms with Crippen LogP contribution in [0.5, 0.6) is 5.75 Å². The van der Waals surface area contributed by atoms with E-state index in [1.165, 1.54) is 47.8 Å². The minimum Gasteiger partial charge on any atom is -0.495 e. The number of anilines is 1. The summed E-state index contributed by atoms with van der Waals surface area (Å²) >= 11 is 6.17. The second-order valence-electron chi connectivity index (χ2n) is 7.35. The molecule has 0 aliphatic carbocycles. The van der Waals surface area contributed by atoms with Gasteiger partial charge in [-0.3, -0.25) is 14.9 Å². The van der Waals surface area contributed by atoms with Crippen LogP contribution < -0.4 is 10.1 Å². The third-order valence-corrected chi connectivity index (χ3v) is 7.42. The molecule has 11 heteroatoms. The fourth-order valence-electron chi connectivity index (χ4n) is 3.45. The van der Waals surface area contributed by atoms with Gasteiger partial charge in [0.05, 0.1) is 22.7 Å². The van der Waals surface area contributed by atoms with Crippen molar-refractivity contribution in [3.8, 4) is 5.75 Å². The normalized spacial score (nSPS) is 17.2. The van der Waals surface area contributed by atoms with Crippen LogP contribution in [0, 0.1) is 16.0 Å². The first-order valence-electron chi connectivity index (χ1n) is 9.57. The Balaban J connectivity index is 1.92. The van der Waals surface area contributed by atoms with Crippen molar-refractivity contribution in [1.82, 2.24) is 4.31 Å². The van der Waals surface area contributed by atoms with Crippen molar-refractivity contribution in [2.24, 2.45) is 5.92 Å². The second-order valence-corrected chi connectivity index (χ2v) is 9.67. The number of carbonyl (C=O) groups excluding carboxylic acids is 1. The first-order valence-corrected chi connectivity index (χ1v) is 11.4. The number of nitro groups is 1. The minimum atomic E-state index is -3.88. The quantitative estimate of drug-likeness (QED) is 0.507. The molecule has 166 valence electrons. The van der Waals surface area contributed by atoms with E-state index >= 15 is 0 Å². The van der Waals surface area contributed by atoms with E-state index in [2.05, 4.69) is 5.32 Å². The number of hydrogen-bond acceptors (Lipinski definition) is 6. The Morgan fingerprint density at radius 1 is 1.29 bits per heavy atom. The third kappa shape index (κ3) is 4.97. The number of amides is 1. The van der Waals surface area contributed by atoms with E-state index in [9.17, 15) is 23.3 Å². The summed E-state index contributed by atoms with van der Waals surface area (Å²) in [6, 6.07) is 7.74. The van der Waals surface area contributed by atoms with E-state index in [1.54, 1.807) is 0 Å². The zero-order valence-electron chi connectivity index (χ0n) is 17.0. The molecule has 0 aromatic heterocycles. The lowest BCUT2D eigenvalue weighted by atomic mass is 10.0. The largest absolute Gasteiger partial charge is 0.495 e. The number of sulfonamides is 1. The number of nitrogens with one attached hydrogen (secondary N) is 1. The van der Waals surface area contributed by atoms with Gasteiger partial charge in [-0.05, 0) is 43.0 Å². The lowest BCUT2D eigenvalue weighted by Gasteiger charge is -2.30. The minimum absolute atomic E-state index is 0.0164. The van der Waals surface area contributed by atoms with E-state index < -0.39 is 20.9 Å². The summed E-state index contributed by atoms with van der Waals surface area (Å²) < 4.78 is 32.8. The van der Waals surface area contributed by atoms with E-state index in [4.69, 9.17) is 16.3 Å². The van der Waals surface area contributed by atoms with E-state index in [0.717, 1.165) is 12.8 Å². The summed E-state index contributed by atoms with van der Waals surface area (Å²) in [6.45, 7) is 2.77. The molecule has 1 atom stereocenters. The highest BCUT2D eigenvalue weighted by Crippen LogP contribution is 2.31. The van der Waals surface area contributed by atoms with Crippen LogP contribution in [0.15, 0.2) is 41.3 Å². The average molecular weight is 468 g/mol. The van der Waals surface area contributed by atoms with Gasteiger partial charge in [-0.2, -0.15) is 4.31 Å². The molecule has 1 aliphatic rings. The number of benzene rings is 2. The SMILES string of the molecule is COc1ccc([N+](=O)[O-])cc1NC(=O)c1ccc(Cl)c(S(=O)(=O)N2CCCC(C)C2)c1. The molecule has 1 amide bonds. The Bertz CT molecular complexity index is 1120. The van der Waals surface area contributed by atoms with Gasteiger partial charge in [0.1, 0.15) is 10.6 Å². The Kier molecular flexibility index (Phi) is 6.83. The van der Waals surface area contributed by atoms with Crippen LogP contribution in [0.25, 0.3) is 0 Å². The predicted octanol–water partition coefficient (Wildman–Crippen LogP) is 3.93. The van der Waals surface area contributed by atoms with Crippen molar-refractivity contribution >= 4 is 38.9 Å². The van der Waals surface area contributed by atoms with E-state index in [0.29, 0.717) is 13.1 Å². The molecule has 0 saturated carbocycles. The van der Waals surface area contributed by atoms with Crippen molar-refractivity contribution in [1.29, 1.82) is 0 Å². The van der Waals surface area contributed by atoms with Gasteiger partial charge >= 0.3 is 0 Å². The standard InChI is InChI=1S/C20H22ClN3O6S/c1-13-4-3-9-23(12-13)31(28,29)19-10-14(5-7-16(19)21)20(25)22-17-11-15(24(26)27)6-8-18(17)30-2/h5-8,10-11,13H,3-4,9,12H2,1-2H3,(H,22,25). The first-order chi connectivity index (χ1) is 14.6. The fourth-order valence-corrected chi connectivity index (χ4v) is 5.55. The Morgan fingerprint density at radius 3 is 2.68 bits per heavy atom.